The number of fused-ring (bicyclic) bond motifs is 1. The standard InChI is InChI=1S/C18H19N5/c1-12-3-2-4-15(12)21-18-14-7-10-20-11-16(14)22-17(23-18)13-5-8-19-9-6-13/h5-12,15H,2-4H2,1H3,(H,21,22,23)/t12-,15+/m1/s1. The molecule has 1 N–H and O–H groups in total. The van der Waals surface area contributed by atoms with Crippen LogP contribution >= 0.6 is 0 Å². The number of nitrogens with one attached hydrogen (secondary N) is 1. The Morgan fingerprint density at radius 1 is 1.00 bits per heavy atom. The molecule has 3 heterocycles. The van der Waals surface area contributed by atoms with Crippen molar-refractivity contribution in [3.05, 3.63) is 43.0 Å². The van der Waals surface area contributed by atoms with Crippen molar-refractivity contribution >= 4 is 16.7 Å². The van der Waals surface area contributed by atoms with Gasteiger partial charge < -0.3 is 5.32 Å². The van der Waals surface area contributed by atoms with Crippen LogP contribution in [0.4, 0.5) is 5.82 Å². The van der Waals surface area contributed by atoms with E-state index in [1.807, 2.05) is 18.2 Å². The molecule has 0 spiro atoms. The first kappa shape index (κ1) is 14.1. The highest BCUT2D eigenvalue weighted by atomic mass is 15.1. The van der Waals surface area contributed by atoms with E-state index in [-0.39, 0.29) is 0 Å². The fourth-order valence-corrected chi connectivity index (χ4v) is 3.26. The number of hydrogen-bond donors (Lipinski definition) is 1. The van der Waals surface area contributed by atoms with Crippen LogP contribution in [-0.2, 0) is 0 Å². The van der Waals surface area contributed by atoms with Gasteiger partial charge in [-0.15, -0.1) is 0 Å². The Balaban J connectivity index is 1.81. The van der Waals surface area contributed by atoms with E-state index >= 15 is 0 Å². The third kappa shape index (κ3) is 2.74. The molecule has 5 heteroatoms. The monoisotopic (exact) mass is 305 g/mol. The van der Waals surface area contributed by atoms with Gasteiger partial charge in [-0.3, -0.25) is 9.97 Å². The van der Waals surface area contributed by atoms with Gasteiger partial charge in [-0.05, 0) is 37.0 Å². The normalized spacial score (nSPS) is 20.7. The Kier molecular flexibility index (Phi) is 3.61. The summed E-state index contributed by atoms with van der Waals surface area (Å²) in [5.41, 5.74) is 1.83. The largest absolute Gasteiger partial charge is 0.366 e. The van der Waals surface area contributed by atoms with E-state index in [1.54, 1.807) is 24.8 Å². The van der Waals surface area contributed by atoms with E-state index in [0.29, 0.717) is 17.8 Å². The Bertz CT molecular complexity index is 818. The molecule has 2 atom stereocenters. The molecule has 0 aliphatic heterocycles. The topological polar surface area (TPSA) is 63.6 Å². The number of nitrogens with zero attached hydrogens (tertiary/aromatic N) is 4. The third-order valence-electron chi connectivity index (χ3n) is 4.62. The lowest BCUT2D eigenvalue weighted by atomic mass is 10.1. The molecule has 23 heavy (non-hydrogen) atoms. The molecular weight excluding hydrogens is 286 g/mol. The zero-order valence-corrected chi connectivity index (χ0v) is 13.1. The first-order chi connectivity index (χ1) is 11.3. The third-order valence-corrected chi connectivity index (χ3v) is 4.62. The van der Waals surface area contributed by atoms with Crippen LogP contribution in [0, 0.1) is 5.92 Å². The molecule has 0 saturated heterocycles. The van der Waals surface area contributed by atoms with Gasteiger partial charge in [0.05, 0.1) is 11.7 Å². The van der Waals surface area contributed by atoms with Crippen LogP contribution in [0.5, 0.6) is 0 Å². The van der Waals surface area contributed by atoms with E-state index in [0.717, 1.165) is 22.3 Å². The molecular formula is C18H19N5. The summed E-state index contributed by atoms with van der Waals surface area (Å²) in [4.78, 5) is 17.7. The molecule has 0 amide bonds. The summed E-state index contributed by atoms with van der Waals surface area (Å²) in [6.45, 7) is 2.30. The highest BCUT2D eigenvalue weighted by Crippen LogP contribution is 2.30. The maximum Gasteiger partial charge on any atom is 0.162 e. The lowest BCUT2D eigenvalue weighted by molar-refractivity contribution is 0.555. The molecule has 1 saturated carbocycles. The minimum Gasteiger partial charge on any atom is -0.366 e. The molecule has 0 radical (unpaired) electrons. The summed E-state index contributed by atoms with van der Waals surface area (Å²) in [5.74, 6) is 2.29. The zero-order valence-electron chi connectivity index (χ0n) is 13.1. The highest BCUT2D eigenvalue weighted by Gasteiger charge is 2.24. The summed E-state index contributed by atoms with van der Waals surface area (Å²) in [6, 6.07) is 6.32. The second kappa shape index (κ2) is 5.91. The molecule has 116 valence electrons. The average molecular weight is 305 g/mol. The molecule has 0 aromatic carbocycles. The summed E-state index contributed by atoms with van der Waals surface area (Å²) in [5, 5.41) is 4.67. The number of pyridine rings is 2. The van der Waals surface area contributed by atoms with Crippen LogP contribution in [0.1, 0.15) is 26.2 Å². The predicted octanol–water partition coefficient (Wildman–Crippen LogP) is 3.69. The first-order valence-corrected chi connectivity index (χ1v) is 8.10. The number of rotatable bonds is 3. The lowest BCUT2D eigenvalue weighted by Gasteiger charge is -2.19. The highest BCUT2D eigenvalue weighted by molar-refractivity contribution is 5.90. The molecule has 1 fully saturated rings. The molecule has 0 unspecified atom stereocenters. The molecule has 4 rings (SSSR count). The van der Waals surface area contributed by atoms with E-state index in [9.17, 15) is 0 Å². The summed E-state index contributed by atoms with van der Waals surface area (Å²) in [6.07, 6.45) is 10.9. The Morgan fingerprint density at radius 3 is 2.61 bits per heavy atom. The molecule has 5 nitrogen and oxygen atoms in total. The van der Waals surface area contributed by atoms with Gasteiger partial charge in [-0.25, -0.2) is 9.97 Å². The van der Waals surface area contributed by atoms with Crippen LogP contribution in [-0.4, -0.2) is 26.0 Å². The summed E-state index contributed by atoms with van der Waals surface area (Å²) in [7, 11) is 0. The number of hydrogen-bond acceptors (Lipinski definition) is 5. The van der Waals surface area contributed by atoms with Crippen molar-refractivity contribution in [3.63, 3.8) is 0 Å². The van der Waals surface area contributed by atoms with E-state index < -0.39 is 0 Å². The Hall–Kier alpha value is -2.56. The van der Waals surface area contributed by atoms with Gasteiger partial charge in [0.25, 0.3) is 0 Å². The maximum absolute atomic E-state index is 4.79. The fourth-order valence-electron chi connectivity index (χ4n) is 3.26. The minimum atomic E-state index is 0.478. The van der Waals surface area contributed by atoms with Gasteiger partial charge in [-0.1, -0.05) is 13.3 Å². The second-order valence-electron chi connectivity index (χ2n) is 6.18. The predicted molar refractivity (Wildman–Crippen MR) is 91.0 cm³/mol. The molecule has 3 aromatic rings. The van der Waals surface area contributed by atoms with E-state index in [4.69, 9.17) is 4.98 Å². The van der Waals surface area contributed by atoms with Crippen LogP contribution in [0.15, 0.2) is 43.0 Å². The van der Waals surface area contributed by atoms with Crippen molar-refractivity contribution in [1.29, 1.82) is 0 Å². The van der Waals surface area contributed by atoms with Gasteiger partial charge in [0.2, 0.25) is 0 Å². The lowest BCUT2D eigenvalue weighted by Crippen LogP contribution is -2.22. The van der Waals surface area contributed by atoms with Gasteiger partial charge in [0, 0.05) is 35.6 Å². The van der Waals surface area contributed by atoms with Crippen LogP contribution < -0.4 is 5.32 Å². The van der Waals surface area contributed by atoms with E-state index in [1.165, 1.54) is 19.3 Å². The number of aromatic nitrogens is 4. The average Bonchev–Trinajstić information content (AvgIpc) is 3.00. The van der Waals surface area contributed by atoms with E-state index in [2.05, 4.69) is 27.2 Å². The Labute approximate surface area is 135 Å². The SMILES string of the molecule is C[C@@H]1CCC[C@@H]1Nc1nc(-c2ccncc2)nc2cnccc12. The fraction of sp³-hybridized carbons (Fsp3) is 0.333. The molecule has 0 bridgehead atoms. The number of anilines is 1. The van der Waals surface area contributed by atoms with Gasteiger partial charge in [-0.2, -0.15) is 0 Å². The minimum absolute atomic E-state index is 0.478. The first-order valence-electron chi connectivity index (χ1n) is 8.10. The van der Waals surface area contributed by atoms with Crippen LogP contribution in [0.25, 0.3) is 22.3 Å². The van der Waals surface area contributed by atoms with Crippen molar-refractivity contribution in [2.75, 3.05) is 5.32 Å². The quantitative estimate of drug-likeness (QED) is 0.799. The van der Waals surface area contributed by atoms with Crippen LogP contribution in [0.2, 0.25) is 0 Å². The van der Waals surface area contributed by atoms with Crippen molar-refractivity contribution in [3.8, 4) is 11.4 Å². The van der Waals surface area contributed by atoms with Crippen LogP contribution in [0.3, 0.4) is 0 Å². The van der Waals surface area contributed by atoms with Crippen molar-refractivity contribution < 1.29 is 0 Å². The van der Waals surface area contributed by atoms with Crippen molar-refractivity contribution in [2.24, 2.45) is 5.92 Å². The Morgan fingerprint density at radius 2 is 1.83 bits per heavy atom. The molecule has 3 aromatic heterocycles. The smallest absolute Gasteiger partial charge is 0.162 e. The molecule has 1 aliphatic rings. The van der Waals surface area contributed by atoms with Gasteiger partial charge in [0.15, 0.2) is 5.82 Å². The van der Waals surface area contributed by atoms with Crippen molar-refractivity contribution in [2.45, 2.75) is 32.2 Å². The van der Waals surface area contributed by atoms with Gasteiger partial charge >= 0.3 is 0 Å². The second-order valence-corrected chi connectivity index (χ2v) is 6.18. The zero-order chi connectivity index (χ0) is 15.6. The summed E-state index contributed by atoms with van der Waals surface area (Å²) >= 11 is 0. The maximum atomic E-state index is 4.79. The summed E-state index contributed by atoms with van der Waals surface area (Å²) < 4.78 is 0. The van der Waals surface area contributed by atoms with Crippen molar-refractivity contribution in [1.82, 2.24) is 19.9 Å². The van der Waals surface area contributed by atoms with Gasteiger partial charge in [0.1, 0.15) is 5.82 Å². The molecule has 1 aliphatic carbocycles.